The largest absolute Gasteiger partial charge is 0.341 e. The van der Waals surface area contributed by atoms with Crippen LogP contribution in [0.5, 0.6) is 0 Å². The molecule has 1 spiro atoms. The second kappa shape index (κ2) is 4.81. The number of piperidine rings is 1. The molecule has 0 bridgehead atoms. The van der Waals surface area contributed by atoms with Gasteiger partial charge in [-0.1, -0.05) is 0 Å². The van der Waals surface area contributed by atoms with Gasteiger partial charge in [0.25, 0.3) is 0 Å². The second-order valence-corrected chi connectivity index (χ2v) is 7.59. The highest BCUT2D eigenvalue weighted by molar-refractivity contribution is 7.09. The Balaban J connectivity index is 1.30. The van der Waals surface area contributed by atoms with Crippen LogP contribution in [0.1, 0.15) is 30.7 Å². The van der Waals surface area contributed by atoms with E-state index >= 15 is 0 Å². The quantitative estimate of drug-likeness (QED) is 0.796. The number of carbonyl (C=O) groups excluding carboxylic acids is 1. The van der Waals surface area contributed by atoms with Gasteiger partial charge in [0.1, 0.15) is 5.01 Å². The molecule has 4 rings (SSSR count). The summed E-state index contributed by atoms with van der Waals surface area (Å²) in [4.78, 5) is 21.3. The maximum atomic E-state index is 12.4. The molecular formula is C15H21N3OS. The first-order chi connectivity index (χ1) is 9.75. The fourth-order valence-electron chi connectivity index (χ4n) is 3.54. The van der Waals surface area contributed by atoms with Gasteiger partial charge in [-0.05, 0) is 44.7 Å². The van der Waals surface area contributed by atoms with Crippen LogP contribution < -0.4 is 0 Å². The molecule has 1 aromatic heterocycles. The summed E-state index contributed by atoms with van der Waals surface area (Å²) in [7, 11) is 0. The fraction of sp³-hybridized carbons (Fsp3) is 0.733. The zero-order valence-electron chi connectivity index (χ0n) is 11.8. The van der Waals surface area contributed by atoms with Gasteiger partial charge >= 0.3 is 0 Å². The highest BCUT2D eigenvalue weighted by atomic mass is 32.1. The van der Waals surface area contributed by atoms with Gasteiger partial charge in [-0.2, -0.15) is 0 Å². The van der Waals surface area contributed by atoms with E-state index in [9.17, 15) is 4.79 Å². The third-order valence-electron chi connectivity index (χ3n) is 5.07. The fourth-order valence-corrected chi connectivity index (χ4v) is 4.20. The topological polar surface area (TPSA) is 36.4 Å². The van der Waals surface area contributed by atoms with Crippen molar-refractivity contribution >= 4 is 17.2 Å². The third-order valence-corrected chi connectivity index (χ3v) is 5.83. The van der Waals surface area contributed by atoms with Gasteiger partial charge in [-0.15, -0.1) is 11.3 Å². The van der Waals surface area contributed by atoms with Gasteiger partial charge in [-0.25, -0.2) is 4.98 Å². The van der Waals surface area contributed by atoms with Crippen molar-refractivity contribution in [2.45, 2.75) is 32.2 Å². The first kappa shape index (κ1) is 12.8. The Hall–Kier alpha value is -0.940. The number of nitrogens with zero attached hydrogens (tertiary/aromatic N) is 3. The predicted molar refractivity (Wildman–Crippen MR) is 78.4 cm³/mol. The molecule has 5 heteroatoms. The standard InChI is InChI=1S/C15H21N3OS/c19-14-15(11-18(14)9-12-1-2-12)3-6-17(7-4-15)10-13-16-5-8-20-13/h5,8,12H,1-4,6-7,9-11H2. The van der Waals surface area contributed by atoms with E-state index in [-0.39, 0.29) is 5.41 Å². The van der Waals surface area contributed by atoms with Crippen LogP contribution in [0.4, 0.5) is 0 Å². The summed E-state index contributed by atoms with van der Waals surface area (Å²) in [6, 6.07) is 0. The van der Waals surface area contributed by atoms with Crippen LogP contribution in [-0.2, 0) is 11.3 Å². The molecule has 1 saturated carbocycles. The number of carbonyl (C=O) groups is 1. The molecule has 2 aliphatic heterocycles. The van der Waals surface area contributed by atoms with E-state index in [4.69, 9.17) is 0 Å². The van der Waals surface area contributed by atoms with E-state index in [2.05, 4.69) is 14.8 Å². The van der Waals surface area contributed by atoms with Crippen LogP contribution >= 0.6 is 11.3 Å². The summed E-state index contributed by atoms with van der Waals surface area (Å²) in [5.41, 5.74) is 0.00820. The van der Waals surface area contributed by atoms with Crippen molar-refractivity contribution in [3.8, 4) is 0 Å². The Labute approximate surface area is 123 Å². The zero-order chi connectivity index (χ0) is 13.6. The first-order valence-corrected chi connectivity index (χ1v) is 8.53. The van der Waals surface area contributed by atoms with Crippen molar-refractivity contribution < 1.29 is 4.79 Å². The Kier molecular flexibility index (Phi) is 3.07. The van der Waals surface area contributed by atoms with Crippen molar-refractivity contribution in [2.75, 3.05) is 26.2 Å². The molecule has 20 heavy (non-hydrogen) atoms. The molecular weight excluding hydrogens is 270 g/mol. The predicted octanol–water partition coefficient (Wildman–Crippen LogP) is 1.98. The molecule has 3 fully saturated rings. The summed E-state index contributed by atoms with van der Waals surface area (Å²) in [5, 5.41) is 3.22. The van der Waals surface area contributed by atoms with Crippen LogP contribution in [-0.4, -0.2) is 46.9 Å². The van der Waals surface area contributed by atoms with Crippen molar-refractivity contribution in [2.24, 2.45) is 11.3 Å². The molecule has 1 amide bonds. The summed E-state index contributed by atoms with van der Waals surface area (Å²) in [6.45, 7) is 5.09. The van der Waals surface area contributed by atoms with Crippen molar-refractivity contribution in [3.63, 3.8) is 0 Å². The van der Waals surface area contributed by atoms with Gasteiger partial charge in [0, 0.05) is 24.7 Å². The molecule has 2 saturated heterocycles. The Morgan fingerprint density at radius 2 is 2.15 bits per heavy atom. The number of β-lactam (4-membered cyclic amide) rings is 1. The maximum Gasteiger partial charge on any atom is 0.230 e. The van der Waals surface area contributed by atoms with Gasteiger partial charge in [0.05, 0.1) is 12.0 Å². The molecule has 4 nitrogen and oxygen atoms in total. The lowest BCUT2D eigenvalue weighted by atomic mass is 9.71. The van der Waals surface area contributed by atoms with Crippen LogP contribution in [0.15, 0.2) is 11.6 Å². The molecule has 0 unspecified atom stereocenters. The van der Waals surface area contributed by atoms with E-state index in [1.807, 2.05) is 11.6 Å². The molecule has 0 aromatic carbocycles. The summed E-state index contributed by atoms with van der Waals surface area (Å²) in [5.74, 6) is 1.26. The van der Waals surface area contributed by atoms with Crippen molar-refractivity contribution in [1.82, 2.24) is 14.8 Å². The first-order valence-electron chi connectivity index (χ1n) is 7.65. The number of amides is 1. The van der Waals surface area contributed by atoms with E-state index in [0.717, 1.165) is 51.5 Å². The Morgan fingerprint density at radius 3 is 2.75 bits per heavy atom. The van der Waals surface area contributed by atoms with E-state index in [1.165, 1.54) is 17.8 Å². The second-order valence-electron chi connectivity index (χ2n) is 6.61. The molecule has 1 aromatic rings. The summed E-state index contributed by atoms with van der Waals surface area (Å²) >= 11 is 1.72. The number of hydrogen-bond acceptors (Lipinski definition) is 4. The average molecular weight is 291 g/mol. The summed E-state index contributed by atoms with van der Waals surface area (Å²) in [6.07, 6.45) is 6.62. The number of aromatic nitrogens is 1. The van der Waals surface area contributed by atoms with Crippen LogP contribution in [0, 0.1) is 11.3 Å². The highest BCUT2D eigenvalue weighted by Gasteiger charge is 2.53. The van der Waals surface area contributed by atoms with Crippen LogP contribution in [0.25, 0.3) is 0 Å². The van der Waals surface area contributed by atoms with Gasteiger partial charge in [-0.3, -0.25) is 9.69 Å². The SMILES string of the molecule is O=C1N(CC2CC2)CC12CCN(Cc1nccs1)CC2. The molecule has 3 aliphatic rings. The highest BCUT2D eigenvalue weighted by Crippen LogP contribution is 2.44. The molecule has 3 heterocycles. The Morgan fingerprint density at radius 1 is 1.35 bits per heavy atom. The van der Waals surface area contributed by atoms with E-state index in [1.54, 1.807) is 11.3 Å². The van der Waals surface area contributed by atoms with E-state index in [0.29, 0.717) is 5.91 Å². The number of rotatable bonds is 4. The molecule has 0 radical (unpaired) electrons. The molecule has 1 aliphatic carbocycles. The van der Waals surface area contributed by atoms with Crippen LogP contribution in [0.2, 0.25) is 0 Å². The third kappa shape index (κ3) is 2.27. The maximum absolute atomic E-state index is 12.4. The van der Waals surface area contributed by atoms with Crippen LogP contribution in [0.3, 0.4) is 0 Å². The Bertz CT molecular complexity index is 489. The molecule has 108 valence electrons. The molecule has 0 N–H and O–H groups in total. The number of likely N-dealkylation sites (tertiary alicyclic amines) is 2. The van der Waals surface area contributed by atoms with Crippen molar-refractivity contribution in [3.05, 3.63) is 16.6 Å². The minimum Gasteiger partial charge on any atom is -0.341 e. The number of hydrogen-bond donors (Lipinski definition) is 0. The monoisotopic (exact) mass is 291 g/mol. The molecule has 0 atom stereocenters. The van der Waals surface area contributed by atoms with Gasteiger partial charge in [0.2, 0.25) is 5.91 Å². The minimum atomic E-state index is 0.00820. The number of thiazole rings is 1. The van der Waals surface area contributed by atoms with E-state index < -0.39 is 0 Å². The van der Waals surface area contributed by atoms with Gasteiger partial charge in [0.15, 0.2) is 0 Å². The normalized spacial score (nSPS) is 26.0. The lowest BCUT2D eigenvalue weighted by Gasteiger charge is -2.52. The minimum absolute atomic E-state index is 0.00820. The lowest BCUT2D eigenvalue weighted by Crippen LogP contribution is -2.64. The van der Waals surface area contributed by atoms with Gasteiger partial charge < -0.3 is 4.90 Å². The smallest absolute Gasteiger partial charge is 0.230 e. The average Bonchev–Trinajstić information content (AvgIpc) is 3.15. The summed E-state index contributed by atoms with van der Waals surface area (Å²) < 4.78 is 0. The van der Waals surface area contributed by atoms with Crippen molar-refractivity contribution in [1.29, 1.82) is 0 Å². The lowest BCUT2D eigenvalue weighted by molar-refractivity contribution is -0.165. The zero-order valence-corrected chi connectivity index (χ0v) is 12.6.